The summed E-state index contributed by atoms with van der Waals surface area (Å²) in [5.41, 5.74) is 5.50. The van der Waals surface area contributed by atoms with Crippen molar-refractivity contribution in [3.05, 3.63) is 71.0 Å². The van der Waals surface area contributed by atoms with Crippen LogP contribution in [0.3, 0.4) is 0 Å². The van der Waals surface area contributed by atoms with Gasteiger partial charge in [0.1, 0.15) is 5.82 Å². The third-order valence-corrected chi connectivity index (χ3v) is 3.32. The molecule has 0 aliphatic carbocycles. The second-order valence-electron chi connectivity index (χ2n) is 4.84. The maximum absolute atomic E-state index is 13.9. The maximum Gasteiger partial charge on any atom is 0.419 e. The molecular weight excluding hydrogens is 282 g/mol. The van der Waals surface area contributed by atoms with Crippen LogP contribution in [0.15, 0.2) is 48.5 Å². The number of nitrogens with two attached hydrogens (primary N) is 1. The molecule has 0 heterocycles. The van der Waals surface area contributed by atoms with Gasteiger partial charge in [0.05, 0.1) is 5.56 Å². The Bertz CT molecular complexity index is 593. The lowest BCUT2D eigenvalue weighted by atomic mass is 9.97. The second kappa shape index (κ2) is 6.26. The molecule has 2 aromatic rings. The zero-order valence-corrected chi connectivity index (χ0v) is 11.2. The summed E-state index contributed by atoms with van der Waals surface area (Å²) < 4.78 is 51.9. The molecule has 0 amide bonds. The highest BCUT2D eigenvalue weighted by Gasteiger charge is 2.35. The molecule has 0 radical (unpaired) electrons. The Kier molecular flexibility index (Phi) is 4.63. The van der Waals surface area contributed by atoms with E-state index in [9.17, 15) is 17.6 Å². The van der Waals surface area contributed by atoms with Crippen LogP contribution in [-0.4, -0.2) is 0 Å². The van der Waals surface area contributed by atoms with E-state index in [4.69, 9.17) is 5.73 Å². The Morgan fingerprint density at radius 3 is 2.24 bits per heavy atom. The van der Waals surface area contributed by atoms with Crippen molar-refractivity contribution < 1.29 is 17.6 Å². The molecule has 0 saturated heterocycles. The molecule has 1 nitrogen and oxygen atoms in total. The van der Waals surface area contributed by atoms with Gasteiger partial charge < -0.3 is 5.73 Å². The summed E-state index contributed by atoms with van der Waals surface area (Å²) in [6.07, 6.45) is -3.75. The Hall–Kier alpha value is -1.88. The quantitative estimate of drug-likeness (QED) is 0.827. The first-order chi connectivity index (χ1) is 9.89. The molecule has 0 aliphatic rings. The van der Waals surface area contributed by atoms with Gasteiger partial charge in [-0.05, 0) is 24.5 Å². The van der Waals surface area contributed by atoms with Crippen molar-refractivity contribution in [2.45, 2.75) is 25.1 Å². The number of hydrogen-bond donors (Lipinski definition) is 1. The van der Waals surface area contributed by atoms with Crippen molar-refractivity contribution in [1.29, 1.82) is 0 Å². The van der Waals surface area contributed by atoms with Gasteiger partial charge in [-0.15, -0.1) is 0 Å². The van der Waals surface area contributed by atoms with Crippen LogP contribution in [-0.2, 0) is 12.6 Å². The van der Waals surface area contributed by atoms with Gasteiger partial charge in [0.15, 0.2) is 0 Å². The zero-order chi connectivity index (χ0) is 15.5. The van der Waals surface area contributed by atoms with Gasteiger partial charge in [-0.1, -0.05) is 42.5 Å². The SMILES string of the molecule is NC(CCc1ccccc1)c1cccc(C(F)(F)F)c1F. The minimum Gasteiger partial charge on any atom is -0.324 e. The van der Waals surface area contributed by atoms with Gasteiger partial charge in [-0.2, -0.15) is 13.2 Å². The van der Waals surface area contributed by atoms with Crippen molar-refractivity contribution in [2.75, 3.05) is 0 Å². The van der Waals surface area contributed by atoms with Crippen LogP contribution >= 0.6 is 0 Å². The van der Waals surface area contributed by atoms with Crippen molar-refractivity contribution in [3.63, 3.8) is 0 Å². The first-order valence-electron chi connectivity index (χ1n) is 6.54. The van der Waals surface area contributed by atoms with Crippen molar-refractivity contribution >= 4 is 0 Å². The summed E-state index contributed by atoms with van der Waals surface area (Å²) in [6.45, 7) is 0. The Labute approximate surface area is 120 Å². The fourth-order valence-electron chi connectivity index (χ4n) is 2.18. The number of rotatable bonds is 4. The predicted molar refractivity (Wildman–Crippen MR) is 73.1 cm³/mol. The summed E-state index contributed by atoms with van der Waals surface area (Å²) in [5, 5.41) is 0. The monoisotopic (exact) mass is 297 g/mol. The first kappa shape index (κ1) is 15.5. The van der Waals surface area contributed by atoms with Crippen LogP contribution < -0.4 is 5.73 Å². The number of hydrogen-bond acceptors (Lipinski definition) is 1. The van der Waals surface area contributed by atoms with E-state index in [2.05, 4.69) is 0 Å². The molecule has 5 heteroatoms. The second-order valence-corrected chi connectivity index (χ2v) is 4.84. The lowest BCUT2D eigenvalue weighted by Gasteiger charge is -2.16. The van der Waals surface area contributed by atoms with Crippen LogP contribution in [0.5, 0.6) is 0 Å². The van der Waals surface area contributed by atoms with Gasteiger partial charge in [0, 0.05) is 11.6 Å². The van der Waals surface area contributed by atoms with E-state index in [1.54, 1.807) is 0 Å². The van der Waals surface area contributed by atoms with E-state index < -0.39 is 23.6 Å². The normalized spacial score (nSPS) is 13.2. The van der Waals surface area contributed by atoms with Gasteiger partial charge >= 0.3 is 6.18 Å². The summed E-state index contributed by atoms with van der Waals surface area (Å²) in [4.78, 5) is 0. The zero-order valence-electron chi connectivity index (χ0n) is 11.2. The Morgan fingerprint density at radius 2 is 1.62 bits per heavy atom. The lowest BCUT2D eigenvalue weighted by Crippen LogP contribution is -2.17. The Balaban J connectivity index is 2.14. The smallest absolute Gasteiger partial charge is 0.324 e. The van der Waals surface area contributed by atoms with Crippen molar-refractivity contribution in [1.82, 2.24) is 0 Å². The average Bonchev–Trinajstić information content (AvgIpc) is 2.45. The number of benzene rings is 2. The minimum atomic E-state index is -4.71. The number of aryl methyl sites for hydroxylation is 1. The predicted octanol–water partition coefficient (Wildman–Crippen LogP) is 4.48. The van der Waals surface area contributed by atoms with E-state index >= 15 is 0 Å². The van der Waals surface area contributed by atoms with E-state index in [1.165, 1.54) is 12.1 Å². The van der Waals surface area contributed by atoms with Gasteiger partial charge in [0.2, 0.25) is 0 Å². The molecule has 1 atom stereocenters. The van der Waals surface area contributed by atoms with Crippen LogP contribution in [0.1, 0.15) is 29.2 Å². The molecule has 0 bridgehead atoms. The van der Waals surface area contributed by atoms with E-state index in [1.807, 2.05) is 30.3 Å². The molecule has 0 fully saturated rings. The number of halogens is 4. The molecule has 21 heavy (non-hydrogen) atoms. The molecule has 0 saturated carbocycles. The highest BCUT2D eigenvalue weighted by molar-refractivity contribution is 5.30. The molecule has 112 valence electrons. The molecule has 2 N–H and O–H groups in total. The first-order valence-corrected chi connectivity index (χ1v) is 6.54. The largest absolute Gasteiger partial charge is 0.419 e. The summed E-state index contributed by atoms with van der Waals surface area (Å²) >= 11 is 0. The Morgan fingerprint density at radius 1 is 0.952 bits per heavy atom. The topological polar surface area (TPSA) is 26.0 Å². The molecule has 2 rings (SSSR count). The minimum absolute atomic E-state index is 0.0965. The van der Waals surface area contributed by atoms with E-state index in [0.29, 0.717) is 12.8 Å². The molecule has 2 aromatic carbocycles. The lowest BCUT2D eigenvalue weighted by molar-refractivity contribution is -0.140. The van der Waals surface area contributed by atoms with Gasteiger partial charge in [0.25, 0.3) is 0 Å². The van der Waals surface area contributed by atoms with E-state index in [0.717, 1.165) is 11.6 Å². The maximum atomic E-state index is 13.9. The third kappa shape index (κ3) is 3.82. The molecule has 0 aliphatic heterocycles. The summed E-state index contributed by atoms with van der Waals surface area (Å²) in [6, 6.07) is 11.8. The van der Waals surface area contributed by atoms with Gasteiger partial charge in [-0.3, -0.25) is 0 Å². The van der Waals surface area contributed by atoms with Crippen LogP contribution in [0.25, 0.3) is 0 Å². The average molecular weight is 297 g/mol. The fraction of sp³-hybridized carbons (Fsp3) is 0.250. The summed E-state index contributed by atoms with van der Waals surface area (Å²) in [7, 11) is 0. The molecule has 0 aromatic heterocycles. The van der Waals surface area contributed by atoms with Crippen molar-refractivity contribution in [2.24, 2.45) is 5.73 Å². The van der Waals surface area contributed by atoms with Crippen molar-refractivity contribution in [3.8, 4) is 0 Å². The van der Waals surface area contributed by atoms with Gasteiger partial charge in [-0.25, -0.2) is 4.39 Å². The van der Waals surface area contributed by atoms with Crippen LogP contribution in [0.2, 0.25) is 0 Å². The molecule has 1 unspecified atom stereocenters. The third-order valence-electron chi connectivity index (χ3n) is 3.32. The number of alkyl halides is 3. The van der Waals surface area contributed by atoms with Crippen LogP contribution in [0, 0.1) is 5.82 Å². The summed E-state index contributed by atoms with van der Waals surface area (Å²) in [5.74, 6) is -1.27. The fourth-order valence-corrected chi connectivity index (χ4v) is 2.18. The standard InChI is InChI=1S/C16H15F4N/c17-15-12(7-4-8-13(15)16(18,19)20)14(21)10-9-11-5-2-1-3-6-11/h1-8,14H,9-10,21H2. The highest BCUT2D eigenvalue weighted by atomic mass is 19.4. The molecule has 0 spiro atoms. The highest BCUT2D eigenvalue weighted by Crippen LogP contribution is 2.34. The molecular formula is C16H15F4N. The van der Waals surface area contributed by atoms with E-state index in [-0.39, 0.29) is 5.56 Å². The van der Waals surface area contributed by atoms with Crippen LogP contribution in [0.4, 0.5) is 17.6 Å².